The molecule has 0 N–H and O–H groups in total. The number of nitrogens with zero attached hydrogens (tertiary/aromatic N) is 2. The summed E-state index contributed by atoms with van der Waals surface area (Å²) in [6, 6.07) is 21.1. The first kappa shape index (κ1) is 18.3. The molecule has 30 heavy (non-hydrogen) atoms. The van der Waals surface area contributed by atoms with Gasteiger partial charge in [-0.15, -0.1) is 11.3 Å². The van der Waals surface area contributed by atoms with Crippen molar-refractivity contribution < 1.29 is 14.3 Å². The van der Waals surface area contributed by atoms with E-state index in [9.17, 15) is 9.59 Å². The van der Waals surface area contributed by atoms with Crippen LogP contribution < -0.4 is 0 Å². The van der Waals surface area contributed by atoms with E-state index < -0.39 is 5.97 Å². The number of carbonyl (C=O) groups excluding carboxylic acids is 2. The molecule has 0 unspecified atom stereocenters. The van der Waals surface area contributed by atoms with Gasteiger partial charge in [0.1, 0.15) is 6.33 Å². The monoisotopic (exact) mass is 412 g/mol. The number of methoxy groups -OCH3 is 1. The summed E-state index contributed by atoms with van der Waals surface area (Å²) in [4.78, 5) is 30.6. The Balaban J connectivity index is 1.74. The quantitative estimate of drug-likeness (QED) is 0.299. The molecule has 0 spiro atoms. The Morgan fingerprint density at radius 1 is 1.00 bits per heavy atom. The standard InChI is InChI=1S/C24H16N2O3S/c1-29-24(28)18-12-21(23(27)22-10-5-11-30-22)26-14-25-19(13-20(18)26)17-9-4-7-15-6-2-3-8-16(15)17/h2-14H,1H3. The van der Waals surface area contributed by atoms with E-state index in [1.165, 1.54) is 18.4 Å². The molecule has 2 aromatic carbocycles. The van der Waals surface area contributed by atoms with Crippen LogP contribution in [0, 0.1) is 0 Å². The number of benzene rings is 2. The number of hydrogen-bond acceptors (Lipinski definition) is 5. The Hall–Kier alpha value is -3.77. The van der Waals surface area contributed by atoms with E-state index in [2.05, 4.69) is 4.98 Å². The average molecular weight is 412 g/mol. The molecule has 3 aromatic heterocycles. The predicted molar refractivity (Wildman–Crippen MR) is 117 cm³/mol. The van der Waals surface area contributed by atoms with Gasteiger partial charge in [-0.1, -0.05) is 48.5 Å². The van der Waals surface area contributed by atoms with Crippen LogP contribution in [0.4, 0.5) is 0 Å². The van der Waals surface area contributed by atoms with Gasteiger partial charge in [-0.2, -0.15) is 0 Å². The van der Waals surface area contributed by atoms with Crippen LogP contribution in [0.3, 0.4) is 0 Å². The molecule has 0 aliphatic rings. The molecule has 0 aliphatic carbocycles. The molecule has 5 aromatic rings. The zero-order valence-electron chi connectivity index (χ0n) is 16.0. The minimum Gasteiger partial charge on any atom is -0.465 e. The van der Waals surface area contributed by atoms with Gasteiger partial charge in [0.2, 0.25) is 5.78 Å². The Labute approximate surface area is 176 Å². The maximum atomic E-state index is 13.0. The summed E-state index contributed by atoms with van der Waals surface area (Å²) in [5.41, 5.74) is 2.97. The van der Waals surface area contributed by atoms with Crippen molar-refractivity contribution in [1.29, 1.82) is 0 Å². The van der Waals surface area contributed by atoms with Crippen LogP contribution in [0.1, 0.15) is 25.7 Å². The number of thiophene rings is 1. The predicted octanol–water partition coefficient (Wildman–Crippen LogP) is 5.23. The van der Waals surface area contributed by atoms with Gasteiger partial charge in [-0.05, 0) is 34.4 Å². The lowest BCUT2D eigenvalue weighted by Gasteiger charge is -2.08. The maximum Gasteiger partial charge on any atom is 0.340 e. The van der Waals surface area contributed by atoms with Crippen molar-refractivity contribution in [2.45, 2.75) is 0 Å². The van der Waals surface area contributed by atoms with Crippen molar-refractivity contribution in [2.75, 3.05) is 7.11 Å². The first-order valence-corrected chi connectivity index (χ1v) is 10.2. The van der Waals surface area contributed by atoms with E-state index in [1.54, 1.807) is 22.9 Å². The Bertz CT molecular complexity index is 1410. The fourth-order valence-electron chi connectivity index (χ4n) is 3.68. The molecule has 3 heterocycles. The van der Waals surface area contributed by atoms with Crippen LogP contribution in [0.5, 0.6) is 0 Å². The number of ether oxygens (including phenoxy) is 1. The summed E-state index contributed by atoms with van der Waals surface area (Å²) in [5, 5.41) is 4.02. The van der Waals surface area contributed by atoms with Crippen molar-refractivity contribution in [3.8, 4) is 11.3 Å². The molecular weight excluding hydrogens is 396 g/mol. The Kier molecular flexibility index (Phi) is 4.41. The van der Waals surface area contributed by atoms with Crippen LogP contribution >= 0.6 is 11.3 Å². The molecule has 0 saturated carbocycles. The molecule has 0 fully saturated rings. The molecule has 6 heteroatoms. The number of ketones is 1. The Morgan fingerprint density at radius 2 is 1.83 bits per heavy atom. The zero-order valence-corrected chi connectivity index (χ0v) is 16.8. The van der Waals surface area contributed by atoms with Crippen LogP contribution in [0.15, 0.2) is 78.4 Å². The lowest BCUT2D eigenvalue weighted by Crippen LogP contribution is -2.04. The van der Waals surface area contributed by atoms with Gasteiger partial charge in [0, 0.05) is 5.56 Å². The van der Waals surface area contributed by atoms with Crippen molar-refractivity contribution in [1.82, 2.24) is 9.38 Å². The van der Waals surface area contributed by atoms with Gasteiger partial charge in [-0.25, -0.2) is 9.78 Å². The summed E-state index contributed by atoms with van der Waals surface area (Å²) < 4.78 is 6.62. The van der Waals surface area contributed by atoms with Crippen molar-refractivity contribution in [3.63, 3.8) is 0 Å². The highest BCUT2D eigenvalue weighted by Crippen LogP contribution is 2.30. The van der Waals surface area contributed by atoms with E-state index in [0.29, 0.717) is 21.7 Å². The highest BCUT2D eigenvalue weighted by Gasteiger charge is 2.22. The topological polar surface area (TPSA) is 60.7 Å². The van der Waals surface area contributed by atoms with Gasteiger partial charge in [0.05, 0.1) is 34.5 Å². The fraction of sp³-hybridized carbons (Fsp3) is 0.0417. The van der Waals surface area contributed by atoms with E-state index in [4.69, 9.17) is 4.74 Å². The largest absolute Gasteiger partial charge is 0.465 e. The van der Waals surface area contributed by atoms with E-state index in [1.807, 2.05) is 60.0 Å². The van der Waals surface area contributed by atoms with Crippen molar-refractivity contribution in [2.24, 2.45) is 0 Å². The minimum absolute atomic E-state index is 0.158. The number of hydrogen-bond donors (Lipinski definition) is 0. The summed E-state index contributed by atoms with van der Waals surface area (Å²) >= 11 is 1.36. The third kappa shape index (κ3) is 2.89. The van der Waals surface area contributed by atoms with Gasteiger partial charge >= 0.3 is 5.97 Å². The molecule has 0 aliphatic heterocycles. The summed E-state index contributed by atoms with van der Waals surface area (Å²) in [5.74, 6) is -0.650. The van der Waals surface area contributed by atoms with Crippen LogP contribution in [0.2, 0.25) is 0 Å². The molecule has 5 nitrogen and oxygen atoms in total. The zero-order chi connectivity index (χ0) is 20.7. The SMILES string of the molecule is COC(=O)c1cc(C(=O)c2cccs2)n2cnc(-c3cccc4ccccc34)cc12. The maximum absolute atomic E-state index is 13.0. The van der Waals surface area contributed by atoms with Gasteiger partial charge in [0.25, 0.3) is 0 Å². The smallest absolute Gasteiger partial charge is 0.340 e. The molecule has 0 saturated heterocycles. The van der Waals surface area contributed by atoms with Gasteiger partial charge in [0.15, 0.2) is 0 Å². The highest BCUT2D eigenvalue weighted by molar-refractivity contribution is 7.12. The number of esters is 1. The van der Waals surface area contributed by atoms with E-state index >= 15 is 0 Å². The number of fused-ring (bicyclic) bond motifs is 2. The number of rotatable bonds is 4. The van der Waals surface area contributed by atoms with Gasteiger partial charge in [-0.3, -0.25) is 9.20 Å². The highest BCUT2D eigenvalue weighted by atomic mass is 32.1. The van der Waals surface area contributed by atoms with Crippen LogP contribution in [-0.4, -0.2) is 28.2 Å². The second kappa shape index (κ2) is 7.24. The molecule has 5 rings (SSSR count). The lowest BCUT2D eigenvalue weighted by atomic mass is 10.0. The van der Waals surface area contributed by atoms with E-state index in [-0.39, 0.29) is 5.78 Å². The van der Waals surface area contributed by atoms with Crippen LogP contribution in [0.25, 0.3) is 27.5 Å². The molecule has 0 radical (unpaired) electrons. The normalized spacial score (nSPS) is 11.1. The first-order chi connectivity index (χ1) is 14.7. The van der Waals surface area contributed by atoms with Crippen LogP contribution in [-0.2, 0) is 4.74 Å². The van der Waals surface area contributed by atoms with Gasteiger partial charge < -0.3 is 4.74 Å². The molecular formula is C24H16N2O3S. The van der Waals surface area contributed by atoms with Crippen molar-refractivity contribution >= 4 is 39.4 Å². The summed E-state index contributed by atoms with van der Waals surface area (Å²) in [6.07, 6.45) is 1.60. The second-order valence-corrected chi connectivity index (χ2v) is 7.75. The third-order valence-corrected chi connectivity index (χ3v) is 5.98. The fourth-order valence-corrected chi connectivity index (χ4v) is 4.35. The third-order valence-electron chi connectivity index (χ3n) is 5.11. The molecule has 0 atom stereocenters. The number of carbonyl (C=O) groups is 2. The molecule has 0 amide bonds. The first-order valence-electron chi connectivity index (χ1n) is 9.33. The summed E-state index contributed by atoms with van der Waals surface area (Å²) in [7, 11) is 1.33. The molecule has 146 valence electrons. The minimum atomic E-state index is -0.493. The summed E-state index contributed by atoms with van der Waals surface area (Å²) in [6.45, 7) is 0. The average Bonchev–Trinajstić information content (AvgIpc) is 3.46. The van der Waals surface area contributed by atoms with E-state index in [0.717, 1.165) is 22.0 Å². The second-order valence-electron chi connectivity index (χ2n) is 6.80. The number of aromatic nitrogens is 2. The lowest BCUT2D eigenvalue weighted by molar-refractivity contribution is 0.0603. The Morgan fingerprint density at radius 3 is 2.63 bits per heavy atom. The van der Waals surface area contributed by atoms with Crippen molar-refractivity contribution in [3.05, 3.63) is 94.6 Å². The molecule has 0 bridgehead atoms.